The fraction of sp³-hybridized carbons (Fsp3) is 0.278. The Morgan fingerprint density at radius 3 is 2.14 bits per heavy atom. The Bertz CT molecular complexity index is 601. The molecule has 1 amide bonds. The summed E-state index contributed by atoms with van der Waals surface area (Å²) in [5.74, 6) is -0.0569. The van der Waals surface area contributed by atoms with Crippen molar-refractivity contribution in [2.24, 2.45) is 0 Å². The monoisotopic (exact) mass is 283 g/mol. The van der Waals surface area contributed by atoms with Crippen LogP contribution < -0.4 is 5.32 Å². The van der Waals surface area contributed by atoms with Gasteiger partial charge >= 0.3 is 0 Å². The van der Waals surface area contributed by atoms with Crippen LogP contribution >= 0.6 is 0 Å². The maximum absolute atomic E-state index is 12.5. The highest BCUT2D eigenvalue weighted by molar-refractivity contribution is 5.98. The summed E-state index contributed by atoms with van der Waals surface area (Å²) in [5.41, 5.74) is 1.93. The first kappa shape index (κ1) is 15.3. The SMILES string of the molecule is CC(O)c1ccc(NC(=O)C(C)(C)c2ccccc2)cc1. The molecule has 0 saturated carbocycles. The van der Waals surface area contributed by atoms with Crippen LogP contribution in [0.2, 0.25) is 0 Å². The number of aliphatic hydroxyl groups is 1. The van der Waals surface area contributed by atoms with Crippen molar-refractivity contribution in [1.29, 1.82) is 0 Å². The smallest absolute Gasteiger partial charge is 0.234 e. The summed E-state index contributed by atoms with van der Waals surface area (Å²) in [6.45, 7) is 5.52. The van der Waals surface area contributed by atoms with Crippen LogP contribution in [0.1, 0.15) is 38.0 Å². The van der Waals surface area contributed by atoms with Crippen LogP contribution in [-0.2, 0) is 10.2 Å². The second kappa shape index (κ2) is 6.10. The number of carbonyl (C=O) groups excluding carboxylic acids is 1. The summed E-state index contributed by atoms with van der Waals surface area (Å²) in [5, 5.41) is 12.4. The van der Waals surface area contributed by atoms with E-state index in [0.29, 0.717) is 0 Å². The zero-order chi connectivity index (χ0) is 15.5. The second-order valence-corrected chi connectivity index (χ2v) is 5.74. The third-order valence-corrected chi connectivity index (χ3v) is 3.71. The average Bonchev–Trinajstić information content (AvgIpc) is 2.48. The number of hydrogen-bond donors (Lipinski definition) is 2. The molecule has 0 bridgehead atoms. The maximum Gasteiger partial charge on any atom is 0.234 e. The largest absolute Gasteiger partial charge is 0.389 e. The van der Waals surface area contributed by atoms with Crippen LogP contribution in [0.15, 0.2) is 54.6 Å². The normalized spacial score (nSPS) is 12.8. The van der Waals surface area contributed by atoms with Crippen molar-refractivity contribution >= 4 is 11.6 Å². The van der Waals surface area contributed by atoms with Gasteiger partial charge in [0.1, 0.15) is 0 Å². The molecule has 0 radical (unpaired) electrons. The van der Waals surface area contributed by atoms with Crippen molar-refractivity contribution in [3.8, 4) is 0 Å². The van der Waals surface area contributed by atoms with E-state index < -0.39 is 11.5 Å². The lowest BCUT2D eigenvalue weighted by Crippen LogP contribution is -2.34. The fourth-order valence-electron chi connectivity index (χ4n) is 2.12. The molecule has 0 aliphatic carbocycles. The molecule has 0 spiro atoms. The predicted octanol–water partition coefficient (Wildman–Crippen LogP) is 3.66. The topological polar surface area (TPSA) is 49.3 Å². The summed E-state index contributed by atoms with van der Waals surface area (Å²) in [4.78, 5) is 12.5. The number of benzene rings is 2. The highest BCUT2D eigenvalue weighted by Gasteiger charge is 2.29. The Morgan fingerprint density at radius 1 is 1.05 bits per heavy atom. The Morgan fingerprint density at radius 2 is 1.62 bits per heavy atom. The van der Waals surface area contributed by atoms with E-state index in [-0.39, 0.29) is 5.91 Å². The number of anilines is 1. The van der Waals surface area contributed by atoms with Crippen molar-refractivity contribution in [2.75, 3.05) is 5.32 Å². The van der Waals surface area contributed by atoms with Crippen molar-refractivity contribution < 1.29 is 9.90 Å². The minimum absolute atomic E-state index is 0.0569. The third kappa shape index (κ3) is 3.50. The zero-order valence-corrected chi connectivity index (χ0v) is 12.6. The van der Waals surface area contributed by atoms with Gasteiger partial charge in [0.25, 0.3) is 0 Å². The van der Waals surface area contributed by atoms with Crippen LogP contribution in [-0.4, -0.2) is 11.0 Å². The molecule has 1 unspecified atom stereocenters. The minimum atomic E-state index is -0.607. The molecule has 0 aromatic heterocycles. The lowest BCUT2D eigenvalue weighted by Gasteiger charge is -2.24. The molecule has 2 aromatic rings. The first-order chi connectivity index (χ1) is 9.91. The number of aliphatic hydroxyl groups excluding tert-OH is 1. The molecular formula is C18H21NO2. The molecule has 2 aromatic carbocycles. The summed E-state index contributed by atoms with van der Waals surface area (Å²) >= 11 is 0. The van der Waals surface area contributed by atoms with Crippen molar-refractivity contribution in [1.82, 2.24) is 0 Å². The van der Waals surface area contributed by atoms with Crippen molar-refractivity contribution in [2.45, 2.75) is 32.3 Å². The highest BCUT2D eigenvalue weighted by Crippen LogP contribution is 2.25. The molecule has 2 N–H and O–H groups in total. The van der Waals surface area contributed by atoms with E-state index in [1.807, 2.05) is 56.3 Å². The quantitative estimate of drug-likeness (QED) is 0.899. The standard InChI is InChI=1S/C18H21NO2/c1-13(20)14-9-11-16(12-10-14)19-17(21)18(2,3)15-7-5-4-6-8-15/h4-13,20H,1-3H3,(H,19,21). The molecule has 1 atom stereocenters. The number of carbonyl (C=O) groups is 1. The number of amides is 1. The lowest BCUT2D eigenvalue weighted by molar-refractivity contribution is -0.120. The molecule has 0 heterocycles. The fourth-order valence-corrected chi connectivity index (χ4v) is 2.12. The molecule has 0 saturated heterocycles. The highest BCUT2D eigenvalue weighted by atomic mass is 16.3. The summed E-state index contributed by atoms with van der Waals surface area (Å²) in [7, 11) is 0. The van der Waals surface area contributed by atoms with Gasteiger partial charge in [-0.25, -0.2) is 0 Å². The molecule has 2 rings (SSSR count). The van der Waals surface area contributed by atoms with Gasteiger partial charge in [0.2, 0.25) is 5.91 Å². The van der Waals surface area contributed by atoms with E-state index >= 15 is 0 Å². The average molecular weight is 283 g/mol. The van der Waals surface area contributed by atoms with Gasteiger partial charge in [-0.1, -0.05) is 42.5 Å². The molecule has 0 aliphatic heterocycles. The van der Waals surface area contributed by atoms with Gasteiger partial charge in [0, 0.05) is 5.69 Å². The predicted molar refractivity (Wildman–Crippen MR) is 85.2 cm³/mol. The first-order valence-electron chi connectivity index (χ1n) is 7.06. The summed E-state index contributed by atoms with van der Waals surface area (Å²) in [6, 6.07) is 17.0. The first-order valence-corrected chi connectivity index (χ1v) is 7.06. The van der Waals surface area contributed by atoms with E-state index in [4.69, 9.17) is 0 Å². The number of nitrogens with one attached hydrogen (secondary N) is 1. The van der Waals surface area contributed by atoms with Crippen LogP contribution in [0.5, 0.6) is 0 Å². The van der Waals surface area contributed by atoms with Crippen molar-refractivity contribution in [3.63, 3.8) is 0 Å². The minimum Gasteiger partial charge on any atom is -0.389 e. The van der Waals surface area contributed by atoms with Crippen molar-refractivity contribution in [3.05, 3.63) is 65.7 Å². The van der Waals surface area contributed by atoms with Crippen LogP contribution in [0.3, 0.4) is 0 Å². The Labute approximate surface area is 125 Å². The second-order valence-electron chi connectivity index (χ2n) is 5.74. The molecular weight excluding hydrogens is 262 g/mol. The Balaban J connectivity index is 2.14. The Hall–Kier alpha value is -2.13. The van der Waals surface area contributed by atoms with E-state index in [1.54, 1.807) is 19.1 Å². The Kier molecular flexibility index (Phi) is 4.43. The van der Waals surface area contributed by atoms with E-state index in [2.05, 4.69) is 5.32 Å². The number of rotatable bonds is 4. The summed E-state index contributed by atoms with van der Waals surface area (Å²) in [6.07, 6.45) is -0.504. The van der Waals surface area contributed by atoms with Crippen LogP contribution in [0.4, 0.5) is 5.69 Å². The zero-order valence-electron chi connectivity index (χ0n) is 12.6. The molecule has 0 fully saturated rings. The molecule has 110 valence electrons. The van der Waals surface area contributed by atoms with Crippen LogP contribution in [0.25, 0.3) is 0 Å². The molecule has 0 aliphatic rings. The van der Waals surface area contributed by atoms with E-state index in [1.165, 1.54) is 0 Å². The number of hydrogen-bond acceptors (Lipinski definition) is 2. The van der Waals surface area contributed by atoms with Gasteiger partial charge in [-0.2, -0.15) is 0 Å². The van der Waals surface area contributed by atoms with E-state index in [0.717, 1.165) is 16.8 Å². The maximum atomic E-state index is 12.5. The molecule has 21 heavy (non-hydrogen) atoms. The third-order valence-electron chi connectivity index (χ3n) is 3.71. The van der Waals surface area contributed by atoms with Gasteiger partial charge in [-0.15, -0.1) is 0 Å². The van der Waals surface area contributed by atoms with Gasteiger partial charge in [0.05, 0.1) is 11.5 Å². The van der Waals surface area contributed by atoms with Gasteiger partial charge in [-0.3, -0.25) is 4.79 Å². The van der Waals surface area contributed by atoms with Gasteiger partial charge < -0.3 is 10.4 Å². The van der Waals surface area contributed by atoms with Gasteiger partial charge in [0.15, 0.2) is 0 Å². The molecule has 3 nitrogen and oxygen atoms in total. The van der Waals surface area contributed by atoms with Crippen LogP contribution in [0, 0.1) is 0 Å². The van der Waals surface area contributed by atoms with E-state index in [9.17, 15) is 9.90 Å². The van der Waals surface area contributed by atoms with Gasteiger partial charge in [-0.05, 0) is 44.0 Å². The molecule has 3 heteroatoms. The lowest BCUT2D eigenvalue weighted by atomic mass is 9.83. The summed E-state index contributed by atoms with van der Waals surface area (Å²) < 4.78 is 0.